The summed E-state index contributed by atoms with van der Waals surface area (Å²) in [6, 6.07) is 11.8. The van der Waals surface area contributed by atoms with E-state index >= 15 is 0 Å². The maximum absolute atomic E-state index is 13.9. The predicted molar refractivity (Wildman–Crippen MR) is 138 cm³/mol. The van der Waals surface area contributed by atoms with E-state index in [0.29, 0.717) is 10.7 Å². The average molecular weight is 516 g/mol. The molecule has 0 radical (unpaired) electrons. The van der Waals surface area contributed by atoms with Crippen molar-refractivity contribution in [2.24, 2.45) is 11.3 Å². The Kier molecular flexibility index (Phi) is 6.80. The number of carboxylic acid groups (broad SMARTS) is 1. The van der Waals surface area contributed by atoms with Crippen LogP contribution >= 0.6 is 11.6 Å². The zero-order chi connectivity index (χ0) is 26.5. The highest BCUT2D eigenvalue weighted by Gasteiger charge is 2.52. The molecule has 1 amide bonds. The summed E-state index contributed by atoms with van der Waals surface area (Å²) < 4.78 is 27.9. The fraction of sp³-hybridized carbons (Fsp3) is 0.448. The molecule has 1 aliphatic carbocycles. The van der Waals surface area contributed by atoms with Crippen molar-refractivity contribution in [3.63, 3.8) is 0 Å². The van der Waals surface area contributed by atoms with Gasteiger partial charge in [0.05, 0.1) is 5.56 Å². The lowest BCUT2D eigenvalue weighted by atomic mass is 9.62. The molecule has 1 fully saturated rings. The molecule has 1 saturated carbocycles. The van der Waals surface area contributed by atoms with Gasteiger partial charge >= 0.3 is 5.97 Å². The monoisotopic (exact) mass is 515 g/mol. The van der Waals surface area contributed by atoms with Crippen LogP contribution < -0.4 is 4.90 Å². The second-order valence-corrected chi connectivity index (χ2v) is 11.9. The van der Waals surface area contributed by atoms with Crippen molar-refractivity contribution in [3.8, 4) is 0 Å². The van der Waals surface area contributed by atoms with E-state index in [2.05, 4.69) is 20.8 Å². The van der Waals surface area contributed by atoms with Crippen LogP contribution in [0.25, 0.3) is 0 Å². The van der Waals surface area contributed by atoms with Gasteiger partial charge in [-0.2, -0.15) is 0 Å². The summed E-state index contributed by atoms with van der Waals surface area (Å²) in [4.78, 5) is 26.0. The second-order valence-electron chi connectivity index (χ2n) is 11.5. The van der Waals surface area contributed by atoms with Crippen molar-refractivity contribution in [1.82, 2.24) is 0 Å². The molecule has 4 nitrogen and oxygen atoms in total. The topological polar surface area (TPSA) is 57.6 Å². The zero-order valence-electron chi connectivity index (χ0n) is 21.1. The number of aryl methyl sites for hydroxylation is 1. The standard InChI is InChI=1S/C29H32ClF2NO3/c1-27(2,3)12-11-18-5-8-21(13-24(18)30)28(4)16-25(34)33(17-23(28)20-14-29(31,32)15-20)22-9-6-19(7-10-22)26(35)36/h5-10,13,17,20H,11-12,14-16H2,1-4H3,(H,35,36)/t28-/m0/s1. The van der Waals surface area contributed by atoms with Gasteiger partial charge < -0.3 is 5.11 Å². The number of rotatable bonds is 6. The first kappa shape index (κ1) is 26.3. The summed E-state index contributed by atoms with van der Waals surface area (Å²) in [6.07, 6.45) is 3.06. The minimum absolute atomic E-state index is 0.0965. The minimum Gasteiger partial charge on any atom is -0.478 e. The Hall–Kier alpha value is -2.73. The molecule has 2 aliphatic rings. The summed E-state index contributed by atoms with van der Waals surface area (Å²) in [5, 5.41) is 9.80. The van der Waals surface area contributed by atoms with Crippen molar-refractivity contribution < 1.29 is 23.5 Å². The van der Waals surface area contributed by atoms with Gasteiger partial charge in [0.25, 0.3) is 0 Å². The summed E-state index contributed by atoms with van der Waals surface area (Å²) in [5.74, 6) is -4.33. The molecule has 1 heterocycles. The Bertz CT molecular complexity index is 1210. The first-order valence-corrected chi connectivity index (χ1v) is 12.6. The number of carboxylic acids is 1. The summed E-state index contributed by atoms with van der Waals surface area (Å²) in [5.41, 5.74) is 2.64. The van der Waals surface area contributed by atoms with Crippen LogP contribution in [0.5, 0.6) is 0 Å². The quantitative estimate of drug-likeness (QED) is 0.430. The van der Waals surface area contributed by atoms with E-state index in [1.165, 1.54) is 17.0 Å². The number of anilines is 1. The SMILES string of the molecule is CC(C)(C)CCc1ccc([C@]2(C)CC(=O)N(c3ccc(C(=O)O)cc3)C=C2C2CC(F)(F)C2)cc1Cl. The number of aromatic carboxylic acids is 1. The molecule has 36 heavy (non-hydrogen) atoms. The average Bonchev–Trinajstić information content (AvgIpc) is 2.76. The number of hydrogen-bond donors (Lipinski definition) is 1. The van der Waals surface area contributed by atoms with E-state index in [1.807, 2.05) is 25.1 Å². The molecule has 0 bridgehead atoms. The smallest absolute Gasteiger partial charge is 0.335 e. The molecule has 0 aromatic heterocycles. The van der Waals surface area contributed by atoms with Crippen molar-refractivity contribution in [2.75, 3.05) is 4.90 Å². The van der Waals surface area contributed by atoms with Gasteiger partial charge in [-0.05, 0) is 71.2 Å². The third kappa shape index (κ3) is 5.34. The van der Waals surface area contributed by atoms with Crippen LogP contribution in [0.3, 0.4) is 0 Å². The van der Waals surface area contributed by atoms with Gasteiger partial charge in [-0.1, -0.05) is 51.4 Å². The fourth-order valence-electron chi connectivity index (χ4n) is 5.14. The fourth-order valence-corrected chi connectivity index (χ4v) is 5.41. The molecule has 2 aromatic carbocycles. The van der Waals surface area contributed by atoms with Crippen molar-refractivity contribution in [1.29, 1.82) is 0 Å². The van der Waals surface area contributed by atoms with E-state index < -0.39 is 17.3 Å². The van der Waals surface area contributed by atoms with Gasteiger partial charge in [-0.25, -0.2) is 13.6 Å². The number of alkyl halides is 2. The third-order valence-corrected chi connectivity index (χ3v) is 7.79. The molecule has 0 spiro atoms. The number of amides is 1. The van der Waals surface area contributed by atoms with Gasteiger partial charge in [0.1, 0.15) is 0 Å². The van der Waals surface area contributed by atoms with Crippen LogP contribution in [-0.2, 0) is 16.6 Å². The number of allylic oxidation sites excluding steroid dienone is 1. The Labute approximate surface area is 216 Å². The first-order chi connectivity index (χ1) is 16.7. The Balaban J connectivity index is 1.71. The molecule has 0 saturated heterocycles. The highest BCUT2D eigenvalue weighted by atomic mass is 35.5. The van der Waals surface area contributed by atoms with Gasteiger partial charge in [0, 0.05) is 41.6 Å². The Morgan fingerprint density at radius 3 is 2.31 bits per heavy atom. The number of nitrogens with zero attached hydrogens (tertiary/aromatic N) is 1. The van der Waals surface area contributed by atoms with Crippen LogP contribution in [0.15, 0.2) is 54.2 Å². The minimum atomic E-state index is -2.71. The highest BCUT2D eigenvalue weighted by Crippen LogP contribution is 2.54. The molecule has 7 heteroatoms. The van der Waals surface area contributed by atoms with E-state index in [-0.39, 0.29) is 42.1 Å². The lowest BCUT2D eigenvalue weighted by Gasteiger charge is -2.47. The largest absolute Gasteiger partial charge is 0.478 e. The lowest BCUT2D eigenvalue weighted by molar-refractivity contribution is -0.120. The second kappa shape index (κ2) is 9.29. The van der Waals surface area contributed by atoms with Gasteiger partial charge in [0.15, 0.2) is 0 Å². The third-order valence-electron chi connectivity index (χ3n) is 7.44. The van der Waals surface area contributed by atoms with Crippen molar-refractivity contribution in [3.05, 3.63) is 76.0 Å². The number of carbonyl (C=O) groups excluding carboxylic acids is 1. The predicted octanol–water partition coefficient (Wildman–Crippen LogP) is 7.64. The molecule has 1 N–H and O–H groups in total. The zero-order valence-corrected chi connectivity index (χ0v) is 21.8. The van der Waals surface area contributed by atoms with Gasteiger partial charge in [-0.3, -0.25) is 9.69 Å². The molecule has 1 aliphatic heterocycles. The summed E-state index contributed by atoms with van der Waals surface area (Å²) in [6.45, 7) is 8.46. The number of carbonyl (C=O) groups is 2. The van der Waals surface area contributed by atoms with Crippen LogP contribution in [0, 0.1) is 11.3 Å². The van der Waals surface area contributed by atoms with Gasteiger partial charge in [0.2, 0.25) is 11.8 Å². The van der Waals surface area contributed by atoms with E-state index in [9.17, 15) is 23.5 Å². The summed E-state index contributed by atoms with van der Waals surface area (Å²) in [7, 11) is 0. The Morgan fingerprint density at radius 1 is 1.14 bits per heavy atom. The van der Waals surface area contributed by atoms with Crippen LogP contribution in [0.1, 0.15) is 74.9 Å². The first-order valence-electron chi connectivity index (χ1n) is 12.2. The van der Waals surface area contributed by atoms with Crippen LogP contribution in [0.2, 0.25) is 5.02 Å². The van der Waals surface area contributed by atoms with Gasteiger partial charge in [-0.15, -0.1) is 0 Å². The normalized spacial score (nSPS) is 22.2. The molecule has 192 valence electrons. The molecule has 1 atom stereocenters. The van der Waals surface area contributed by atoms with Crippen LogP contribution in [0.4, 0.5) is 14.5 Å². The number of benzene rings is 2. The van der Waals surface area contributed by atoms with E-state index in [0.717, 1.165) is 29.5 Å². The highest BCUT2D eigenvalue weighted by molar-refractivity contribution is 6.31. The molecule has 4 rings (SSSR count). The Morgan fingerprint density at radius 2 is 1.78 bits per heavy atom. The molecular formula is C29H32ClF2NO3. The summed E-state index contributed by atoms with van der Waals surface area (Å²) >= 11 is 6.68. The van der Waals surface area contributed by atoms with E-state index in [1.54, 1.807) is 18.3 Å². The van der Waals surface area contributed by atoms with E-state index in [4.69, 9.17) is 11.6 Å². The molecule has 0 unspecified atom stereocenters. The molecule has 2 aromatic rings. The van der Waals surface area contributed by atoms with Crippen molar-refractivity contribution in [2.45, 2.75) is 71.1 Å². The molecular weight excluding hydrogens is 484 g/mol. The van der Waals surface area contributed by atoms with Crippen molar-refractivity contribution >= 4 is 29.2 Å². The number of halogens is 3. The lowest BCUT2D eigenvalue weighted by Crippen LogP contribution is -2.47. The number of hydrogen-bond acceptors (Lipinski definition) is 2. The van der Waals surface area contributed by atoms with Crippen LogP contribution in [-0.4, -0.2) is 22.9 Å². The maximum atomic E-state index is 13.9. The maximum Gasteiger partial charge on any atom is 0.335 e.